The van der Waals surface area contributed by atoms with Crippen LogP contribution in [0.5, 0.6) is 5.75 Å². The second-order valence-corrected chi connectivity index (χ2v) is 10.2. The molecule has 0 spiro atoms. The molecule has 0 aromatic heterocycles. The molecule has 1 saturated heterocycles. The Bertz CT molecular complexity index is 1470. The van der Waals surface area contributed by atoms with Gasteiger partial charge in [0.2, 0.25) is 0 Å². The lowest BCUT2D eigenvalue weighted by Crippen LogP contribution is -2.29. The number of Topliss-reactive ketones (excluding diaryl/α,β-unsaturated/α-hetero) is 1. The number of rotatable bonds is 7. The number of aryl methyl sites for hydroxylation is 3. The Kier molecular flexibility index (Phi) is 7.90. The van der Waals surface area contributed by atoms with E-state index >= 15 is 0 Å². The minimum Gasteiger partial charge on any atom is -0.507 e. The molecule has 1 heterocycles. The summed E-state index contributed by atoms with van der Waals surface area (Å²) >= 11 is 0. The fourth-order valence-electron chi connectivity index (χ4n) is 5.00. The van der Waals surface area contributed by atoms with Crippen LogP contribution in [0.25, 0.3) is 5.76 Å². The number of amides is 1. The van der Waals surface area contributed by atoms with E-state index in [1.54, 1.807) is 44.2 Å². The lowest BCUT2D eigenvalue weighted by Gasteiger charge is -2.26. The number of hydrogen-bond donors (Lipinski definition) is 1. The molecule has 1 amide bonds. The number of ketones is 1. The number of benzene rings is 3. The lowest BCUT2D eigenvalue weighted by atomic mass is 9.93. The van der Waals surface area contributed by atoms with Crippen molar-refractivity contribution in [2.45, 2.75) is 53.3 Å². The Labute approximate surface area is 228 Å². The van der Waals surface area contributed by atoms with E-state index in [0.717, 1.165) is 22.3 Å². The molecule has 0 aliphatic carbocycles. The van der Waals surface area contributed by atoms with Crippen molar-refractivity contribution < 1.29 is 29.0 Å². The second kappa shape index (κ2) is 11.2. The number of methoxy groups -OCH3 is 1. The minimum atomic E-state index is -0.819. The van der Waals surface area contributed by atoms with Crippen LogP contribution in [0.2, 0.25) is 0 Å². The summed E-state index contributed by atoms with van der Waals surface area (Å²) in [5.74, 6) is -1.75. The fourth-order valence-corrected chi connectivity index (χ4v) is 5.00. The van der Waals surface area contributed by atoms with Crippen LogP contribution < -0.4 is 4.74 Å². The molecule has 1 aliphatic heterocycles. The summed E-state index contributed by atoms with van der Waals surface area (Å²) in [6.45, 7) is 9.34. The van der Waals surface area contributed by atoms with Crippen LogP contribution in [-0.2, 0) is 20.9 Å². The summed E-state index contributed by atoms with van der Waals surface area (Å²) in [7, 11) is 1.51. The highest BCUT2D eigenvalue weighted by atomic mass is 16.5. The van der Waals surface area contributed by atoms with Crippen LogP contribution in [0.15, 0.2) is 66.2 Å². The molecule has 4 rings (SSSR count). The number of likely N-dealkylation sites (tertiary alicyclic amines) is 1. The number of aliphatic hydroxyl groups is 1. The largest absolute Gasteiger partial charge is 0.507 e. The molecular weight excluding hydrogens is 494 g/mol. The van der Waals surface area contributed by atoms with Crippen molar-refractivity contribution in [3.05, 3.63) is 105 Å². The number of ether oxygens (including phenoxy) is 2. The van der Waals surface area contributed by atoms with E-state index in [1.807, 2.05) is 51.1 Å². The number of esters is 1. The first kappa shape index (κ1) is 27.6. The van der Waals surface area contributed by atoms with Gasteiger partial charge in [0.15, 0.2) is 0 Å². The third kappa shape index (κ3) is 5.58. The maximum Gasteiger partial charge on any atom is 0.338 e. The van der Waals surface area contributed by atoms with Crippen molar-refractivity contribution in [3.8, 4) is 5.75 Å². The minimum absolute atomic E-state index is 0.00558. The molecule has 3 aromatic carbocycles. The molecule has 0 bridgehead atoms. The molecule has 1 unspecified atom stereocenters. The third-order valence-corrected chi connectivity index (χ3v) is 6.66. The summed E-state index contributed by atoms with van der Waals surface area (Å²) in [5.41, 5.74) is 4.83. The van der Waals surface area contributed by atoms with Gasteiger partial charge in [0, 0.05) is 6.54 Å². The molecule has 1 fully saturated rings. The van der Waals surface area contributed by atoms with Crippen molar-refractivity contribution in [1.82, 2.24) is 4.90 Å². The van der Waals surface area contributed by atoms with Gasteiger partial charge in [0.25, 0.3) is 11.7 Å². The topological polar surface area (TPSA) is 93.1 Å². The SMILES string of the molecule is COc1c(C)cc(C)cc1/C(O)=C1\C(=O)C(=O)N(Cc2ccc(C(=O)OC(C)C)cc2)C1c1cccc(C)c1. The zero-order valence-corrected chi connectivity index (χ0v) is 23.1. The average molecular weight is 528 g/mol. The first-order valence-electron chi connectivity index (χ1n) is 12.8. The van der Waals surface area contributed by atoms with Gasteiger partial charge in [0.1, 0.15) is 11.5 Å². The first-order chi connectivity index (χ1) is 18.5. The van der Waals surface area contributed by atoms with Gasteiger partial charge in [0.05, 0.1) is 36.0 Å². The molecule has 7 heteroatoms. The summed E-state index contributed by atoms with van der Waals surface area (Å²) < 4.78 is 10.8. The van der Waals surface area contributed by atoms with Crippen LogP contribution in [0, 0.1) is 20.8 Å². The second-order valence-electron chi connectivity index (χ2n) is 10.2. The molecule has 0 saturated carbocycles. The zero-order valence-electron chi connectivity index (χ0n) is 23.1. The van der Waals surface area contributed by atoms with Crippen LogP contribution in [0.4, 0.5) is 0 Å². The molecule has 1 atom stereocenters. The highest BCUT2D eigenvalue weighted by Crippen LogP contribution is 2.42. The summed E-state index contributed by atoms with van der Waals surface area (Å²) in [6, 6.07) is 17.1. The monoisotopic (exact) mass is 527 g/mol. The maximum atomic E-state index is 13.5. The number of carbonyl (C=O) groups is 3. The van der Waals surface area contributed by atoms with Gasteiger partial charge in [-0.15, -0.1) is 0 Å². The van der Waals surface area contributed by atoms with E-state index in [-0.39, 0.29) is 24.0 Å². The first-order valence-corrected chi connectivity index (χ1v) is 12.8. The van der Waals surface area contributed by atoms with E-state index in [2.05, 4.69) is 0 Å². The number of carbonyl (C=O) groups excluding carboxylic acids is 3. The Balaban J connectivity index is 1.81. The molecule has 1 N–H and O–H groups in total. The van der Waals surface area contributed by atoms with Gasteiger partial charge < -0.3 is 19.5 Å². The van der Waals surface area contributed by atoms with Gasteiger partial charge in [-0.2, -0.15) is 0 Å². The Hall–Kier alpha value is -4.39. The maximum absolute atomic E-state index is 13.5. The molecule has 3 aromatic rings. The third-order valence-electron chi connectivity index (χ3n) is 6.66. The van der Waals surface area contributed by atoms with E-state index < -0.39 is 23.7 Å². The van der Waals surface area contributed by atoms with Gasteiger partial charge in [-0.3, -0.25) is 9.59 Å². The van der Waals surface area contributed by atoms with E-state index in [4.69, 9.17) is 9.47 Å². The molecule has 0 radical (unpaired) electrons. The fraction of sp³-hybridized carbons (Fsp3) is 0.281. The molecule has 7 nitrogen and oxygen atoms in total. The van der Waals surface area contributed by atoms with Crippen molar-refractivity contribution in [3.63, 3.8) is 0 Å². The Morgan fingerprint density at radius 1 is 0.974 bits per heavy atom. The standard InChI is InChI=1S/C32H33NO6/c1-18(2)39-32(37)23-12-10-22(11-13-23)17-33-27(24-9-7-8-19(3)15-24)26(29(35)31(33)36)28(34)25-16-20(4)14-21(5)30(25)38-6/h7-16,18,27,34H,17H2,1-6H3/b28-26+. The van der Waals surface area contributed by atoms with E-state index in [1.165, 1.54) is 12.0 Å². The highest BCUT2D eigenvalue weighted by molar-refractivity contribution is 6.46. The predicted molar refractivity (Wildman–Crippen MR) is 148 cm³/mol. The zero-order chi connectivity index (χ0) is 28.4. The van der Waals surface area contributed by atoms with Crippen LogP contribution in [-0.4, -0.2) is 40.9 Å². The predicted octanol–water partition coefficient (Wildman–Crippen LogP) is 5.81. The average Bonchev–Trinajstić information content (AvgIpc) is 3.13. The van der Waals surface area contributed by atoms with Gasteiger partial charge in [-0.1, -0.05) is 48.0 Å². The molecular formula is C32H33NO6. The van der Waals surface area contributed by atoms with Crippen LogP contribution in [0.1, 0.15) is 63.6 Å². The number of aliphatic hydroxyl groups excluding tert-OH is 1. The van der Waals surface area contributed by atoms with Gasteiger partial charge in [-0.25, -0.2) is 4.79 Å². The Morgan fingerprint density at radius 3 is 2.28 bits per heavy atom. The van der Waals surface area contributed by atoms with Crippen molar-refractivity contribution in [2.75, 3.05) is 7.11 Å². The summed E-state index contributed by atoms with van der Waals surface area (Å²) in [6.07, 6.45) is -0.241. The number of hydrogen-bond acceptors (Lipinski definition) is 6. The Morgan fingerprint density at radius 2 is 1.67 bits per heavy atom. The highest BCUT2D eigenvalue weighted by Gasteiger charge is 2.46. The summed E-state index contributed by atoms with van der Waals surface area (Å²) in [5, 5.41) is 11.6. The van der Waals surface area contributed by atoms with Crippen molar-refractivity contribution in [1.29, 1.82) is 0 Å². The van der Waals surface area contributed by atoms with Crippen LogP contribution >= 0.6 is 0 Å². The molecule has 39 heavy (non-hydrogen) atoms. The quantitative estimate of drug-likeness (QED) is 0.180. The van der Waals surface area contributed by atoms with Crippen molar-refractivity contribution >= 4 is 23.4 Å². The normalized spacial score (nSPS) is 16.6. The summed E-state index contributed by atoms with van der Waals surface area (Å²) in [4.78, 5) is 40.6. The van der Waals surface area contributed by atoms with E-state index in [9.17, 15) is 19.5 Å². The van der Waals surface area contributed by atoms with Gasteiger partial charge >= 0.3 is 5.97 Å². The lowest BCUT2D eigenvalue weighted by molar-refractivity contribution is -0.140. The van der Waals surface area contributed by atoms with Crippen molar-refractivity contribution in [2.24, 2.45) is 0 Å². The smallest absolute Gasteiger partial charge is 0.338 e. The number of nitrogens with zero attached hydrogens (tertiary/aromatic N) is 1. The molecule has 202 valence electrons. The van der Waals surface area contributed by atoms with E-state index in [0.29, 0.717) is 22.4 Å². The molecule has 1 aliphatic rings. The van der Waals surface area contributed by atoms with Gasteiger partial charge in [-0.05, 0) is 75.1 Å². The van der Waals surface area contributed by atoms with Crippen LogP contribution in [0.3, 0.4) is 0 Å².